The molecule has 0 aliphatic carbocycles. The third-order valence-corrected chi connectivity index (χ3v) is 6.31. The summed E-state index contributed by atoms with van der Waals surface area (Å²) in [6.45, 7) is 6.29. The van der Waals surface area contributed by atoms with Gasteiger partial charge in [-0.2, -0.15) is 0 Å². The highest BCUT2D eigenvalue weighted by atomic mass is 35.5. The van der Waals surface area contributed by atoms with Crippen LogP contribution in [0, 0.1) is 6.92 Å². The van der Waals surface area contributed by atoms with Crippen LogP contribution in [0.3, 0.4) is 0 Å². The number of para-hydroxylation sites is 1. The number of hydrogen-bond acceptors (Lipinski definition) is 6. The summed E-state index contributed by atoms with van der Waals surface area (Å²) < 4.78 is 7.15. The van der Waals surface area contributed by atoms with Gasteiger partial charge in [0.25, 0.3) is 5.91 Å². The van der Waals surface area contributed by atoms with Crippen molar-refractivity contribution in [1.82, 2.24) is 20.1 Å². The Morgan fingerprint density at radius 3 is 2.67 bits per heavy atom. The largest absolute Gasteiger partial charge is 0.496 e. The number of methoxy groups -OCH3 is 1. The molecule has 2 amide bonds. The molecule has 0 bridgehead atoms. The lowest BCUT2D eigenvalue weighted by Crippen LogP contribution is -2.29. The third kappa shape index (κ3) is 6.06. The molecule has 3 rings (SSSR count). The maximum Gasteiger partial charge on any atom is 0.255 e. The number of nitrogens with one attached hydrogen (secondary N) is 2. The average Bonchev–Trinajstić information content (AvgIpc) is 3.23. The van der Waals surface area contributed by atoms with Gasteiger partial charge in [-0.1, -0.05) is 41.6 Å². The second kappa shape index (κ2) is 11.2. The fourth-order valence-electron chi connectivity index (χ4n) is 3.19. The lowest BCUT2D eigenvalue weighted by atomic mass is 10.1. The van der Waals surface area contributed by atoms with E-state index >= 15 is 0 Å². The summed E-state index contributed by atoms with van der Waals surface area (Å²) >= 11 is 7.40. The fourth-order valence-corrected chi connectivity index (χ4v) is 4.18. The van der Waals surface area contributed by atoms with Crippen LogP contribution in [0.5, 0.6) is 5.75 Å². The van der Waals surface area contributed by atoms with Crippen LogP contribution < -0.4 is 15.4 Å². The van der Waals surface area contributed by atoms with Gasteiger partial charge in [-0.25, -0.2) is 0 Å². The van der Waals surface area contributed by atoms with Crippen molar-refractivity contribution >= 4 is 40.9 Å². The van der Waals surface area contributed by atoms with Crippen LogP contribution in [-0.2, 0) is 11.3 Å². The topological polar surface area (TPSA) is 98.1 Å². The Bertz CT molecular complexity index is 1150. The number of amides is 2. The van der Waals surface area contributed by atoms with E-state index in [1.807, 2.05) is 37.5 Å². The van der Waals surface area contributed by atoms with E-state index in [0.29, 0.717) is 39.5 Å². The normalized spacial score (nSPS) is 11.7. The lowest BCUT2D eigenvalue weighted by Gasteiger charge is -2.16. The zero-order valence-corrected chi connectivity index (χ0v) is 20.5. The summed E-state index contributed by atoms with van der Waals surface area (Å²) in [5, 5.41) is 15.5. The van der Waals surface area contributed by atoms with Gasteiger partial charge in [0.1, 0.15) is 5.75 Å². The molecule has 3 aromatic rings. The zero-order chi connectivity index (χ0) is 24.0. The van der Waals surface area contributed by atoms with Crippen molar-refractivity contribution in [3.8, 4) is 5.75 Å². The lowest BCUT2D eigenvalue weighted by molar-refractivity contribution is -0.113. The first-order valence-corrected chi connectivity index (χ1v) is 11.8. The molecule has 8 nitrogen and oxygen atoms in total. The summed E-state index contributed by atoms with van der Waals surface area (Å²) in [4.78, 5) is 25.1. The summed E-state index contributed by atoms with van der Waals surface area (Å²) in [5.74, 6) is 0.817. The van der Waals surface area contributed by atoms with E-state index in [4.69, 9.17) is 16.3 Å². The summed E-state index contributed by atoms with van der Waals surface area (Å²) in [7, 11) is 1.52. The molecule has 0 saturated carbocycles. The molecule has 0 radical (unpaired) electrons. The van der Waals surface area contributed by atoms with Crippen LogP contribution in [0.2, 0.25) is 5.02 Å². The van der Waals surface area contributed by atoms with Gasteiger partial charge in [0.2, 0.25) is 5.91 Å². The summed E-state index contributed by atoms with van der Waals surface area (Å²) in [5.41, 5.74) is 2.03. The molecule has 2 aromatic carbocycles. The quantitative estimate of drug-likeness (QED) is 0.431. The number of nitrogens with zero attached hydrogens (tertiary/aromatic N) is 3. The van der Waals surface area contributed by atoms with Crippen molar-refractivity contribution in [1.29, 1.82) is 0 Å². The van der Waals surface area contributed by atoms with Gasteiger partial charge in [0.05, 0.1) is 24.5 Å². The SMILES string of the molecule is CCn1c(SCC(=O)Nc2ccc(C)c(Cl)c2)nnc1[C@@H](C)NC(=O)c1ccccc1OC. The van der Waals surface area contributed by atoms with E-state index in [9.17, 15) is 9.59 Å². The number of carbonyl (C=O) groups is 2. The number of ether oxygens (including phenoxy) is 1. The van der Waals surface area contributed by atoms with Gasteiger partial charge in [-0.3, -0.25) is 9.59 Å². The second-order valence-corrected chi connectivity index (χ2v) is 8.63. The number of hydrogen-bond donors (Lipinski definition) is 2. The molecule has 0 aliphatic rings. The highest BCUT2D eigenvalue weighted by Crippen LogP contribution is 2.24. The van der Waals surface area contributed by atoms with Gasteiger partial charge in [-0.05, 0) is 50.6 Å². The van der Waals surface area contributed by atoms with Gasteiger partial charge >= 0.3 is 0 Å². The van der Waals surface area contributed by atoms with E-state index in [1.165, 1.54) is 18.9 Å². The minimum absolute atomic E-state index is 0.158. The van der Waals surface area contributed by atoms with Crippen LogP contribution in [0.4, 0.5) is 5.69 Å². The molecule has 1 atom stereocenters. The summed E-state index contributed by atoms with van der Waals surface area (Å²) in [6.07, 6.45) is 0. The van der Waals surface area contributed by atoms with Gasteiger partial charge in [0, 0.05) is 17.3 Å². The molecule has 174 valence electrons. The Balaban J connectivity index is 1.64. The number of benzene rings is 2. The third-order valence-electron chi connectivity index (χ3n) is 4.94. The Morgan fingerprint density at radius 1 is 1.21 bits per heavy atom. The minimum atomic E-state index is -0.396. The second-order valence-electron chi connectivity index (χ2n) is 7.28. The highest BCUT2D eigenvalue weighted by Gasteiger charge is 2.21. The van der Waals surface area contributed by atoms with Crippen molar-refractivity contribution < 1.29 is 14.3 Å². The number of aryl methyl sites for hydroxylation is 1. The molecular weight excluding hydrogens is 462 g/mol. The Labute approximate surface area is 202 Å². The highest BCUT2D eigenvalue weighted by molar-refractivity contribution is 7.99. The Hall–Kier alpha value is -3.04. The smallest absolute Gasteiger partial charge is 0.255 e. The predicted molar refractivity (Wildman–Crippen MR) is 130 cm³/mol. The first-order valence-electron chi connectivity index (χ1n) is 10.4. The van der Waals surface area contributed by atoms with Gasteiger partial charge in [-0.15, -0.1) is 10.2 Å². The Morgan fingerprint density at radius 2 is 1.97 bits per heavy atom. The fraction of sp³-hybridized carbons (Fsp3) is 0.304. The van der Waals surface area contributed by atoms with Crippen LogP contribution in [0.1, 0.15) is 41.6 Å². The zero-order valence-electron chi connectivity index (χ0n) is 18.9. The van der Waals surface area contributed by atoms with Crippen molar-refractivity contribution in [3.05, 3.63) is 64.4 Å². The van der Waals surface area contributed by atoms with Crippen LogP contribution in [0.25, 0.3) is 0 Å². The summed E-state index contributed by atoms with van der Waals surface area (Å²) in [6, 6.07) is 12.0. The number of halogens is 1. The first kappa shape index (κ1) is 24.6. The number of rotatable bonds is 9. The molecule has 0 saturated heterocycles. The van der Waals surface area contributed by atoms with Gasteiger partial charge < -0.3 is 19.9 Å². The molecule has 10 heteroatoms. The van der Waals surface area contributed by atoms with Crippen molar-refractivity contribution in [2.24, 2.45) is 0 Å². The number of anilines is 1. The molecule has 0 spiro atoms. The number of carbonyl (C=O) groups excluding carboxylic acids is 2. The molecule has 2 N–H and O–H groups in total. The van der Waals surface area contributed by atoms with Crippen molar-refractivity contribution in [2.45, 2.75) is 38.5 Å². The molecule has 1 aromatic heterocycles. The monoisotopic (exact) mass is 487 g/mol. The van der Waals surface area contributed by atoms with E-state index in [0.717, 1.165) is 5.56 Å². The average molecular weight is 488 g/mol. The molecule has 0 fully saturated rings. The van der Waals surface area contributed by atoms with E-state index < -0.39 is 6.04 Å². The van der Waals surface area contributed by atoms with Crippen LogP contribution >= 0.6 is 23.4 Å². The van der Waals surface area contributed by atoms with E-state index in [1.54, 1.807) is 30.3 Å². The van der Waals surface area contributed by atoms with Crippen LogP contribution in [-0.4, -0.2) is 39.4 Å². The standard InChI is InChI=1S/C23H26ClN5O3S/c1-5-29-21(15(3)25-22(31)17-8-6-7-9-19(17)32-4)27-28-23(29)33-13-20(30)26-16-11-10-14(2)18(24)12-16/h6-12,15H,5,13H2,1-4H3,(H,25,31)(H,26,30)/t15-/m1/s1. The van der Waals surface area contributed by atoms with Crippen molar-refractivity contribution in [3.63, 3.8) is 0 Å². The predicted octanol–water partition coefficient (Wildman–Crippen LogP) is 4.49. The minimum Gasteiger partial charge on any atom is -0.496 e. The van der Waals surface area contributed by atoms with E-state index in [2.05, 4.69) is 20.8 Å². The maximum absolute atomic E-state index is 12.7. The molecule has 0 unspecified atom stereocenters. The molecule has 33 heavy (non-hydrogen) atoms. The van der Waals surface area contributed by atoms with Crippen LogP contribution in [0.15, 0.2) is 47.6 Å². The number of aromatic nitrogens is 3. The van der Waals surface area contributed by atoms with E-state index in [-0.39, 0.29) is 17.6 Å². The number of thioether (sulfide) groups is 1. The maximum atomic E-state index is 12.7. The Kier molecular flexibility index (Phi) is 8.35. The molecular formula is C23H26ClN5O3S. The van der Waals surface area contributed by atoms with Crippen molar-refractivity contribution in [2.75, 3.05) is 18.2 Å². The molecule has 1 heterocycles. The first-order chi connectivity index (χ1) is 15.8. The molecule has 0 aliphatic heterocycles. The van der Waals surface area contributed by atoms with Gasteiger partial charge in [0.15, 0.2) is 11.0 Å².